The third-order valence-electron chi connectivity index (χ3n) is 5.47. The summed E-state index contributed by atoms with van der Waals surface area (Å²) in [5.74, 6) is -3.24. The molecule has 0 fully saturated rings. The van der Waals surface area contributed by atoms with Gasteiger partial charge in [0.2, 0.25) is 5.78 Å². The number of carboxylic acid groups (broad SMARTS) is 1. The van der Waals surface area contributed by atoms with E-state index in [2.05, 4.69) is 6.58 Å². The smallest absolute Gasteiger partial charge is 0.372 e. The van der Waals surface area contributed by atoms with Gasteiger partial charge in [-0.3, -0.25) is 9.59 Å². The maximum atomic E-state index is 11.4. The van der Waals surface area contributed by atoms with Gasteiger partial charge in [0.25, 0.3) is 0 Å². The molecule has 0 aliphatic carbocycles. The molecule has 0 unspecified atom stereocenters. The Balaban J connectivity index is 3.11. The molecule has 0 radical (unpaired) electrons. The molecule has 0 spiro atoms. The number of rotatable bonds is 41. The number of hydrogen-bond acceptors (Lipinski definition) is 16. The van der Waals surface area contributed by atoms with Crippen molar-refractivity contribution in [1.82, 2.24) is 0 Å². The molecule has 48 heavy (non-hydrogen) atoms. The monoisotopic (exact) mass is 700 g/mol. The van der Waals surface area contributed by atoms with Crippen LogP contribution in [0.25, 0.3) is 0 Å². The molecular weight excluding hydrogens is 644 g/mol. The lowest BCUT2D eigenvalue weighted by molar-refractivity contribution is -0.151. The fourth-order valence-electron chi connectivity index (χ4n) is 3.10. The first kappa shape index (κ1) is 45.7. The van der Waals surface area contributed by atoms with Crippen LogP contribution in [-0.4, -0.2) is 181 Å². The van der Waals surface area contributed by atoms with Crippen LogP contribution in [0.5, 0.6) is 0 Å². The van der Waals surface area contributed by atoms with Crippen LogP contribution in [0.2, 0.25) is 0 Å². The predicted octanol–water partition coefficient (Wildman–Crippen LogP) is 0.306. The number of aliphatic carboxylic acids is 1. The van der Waals surface area contributed by atoms with Crippen molar-refractivity contribution in [3.8, 4) is 0 Å². The molecule has 0 aromatic rings. The molecule has 17 heteroatoms. The summed E-state index contributed by atoms with van der Waals surface area (Å²) in [5.41, 5.74) is 0. The van der Waals surface area contributed by atoms with Gasteiger partial charge >= 0.3 is 11.9 Å². The lowest BCUT2D eigenvalue weighted by Crippen LogP contribution is -2.17. The number of carbonyl (C=O) groups is 3. The van der Waals surface area contributed by atoms with E-state index in [9.17, 15) is 14.4 Å². The van der Waals surface area contributed by atoms with E-state index in [1.165, 1.54) is 6.26 Å². The minimum Gasteiger partial charge on any atom is -0.499 e. The molecule has 282 valence electrons. The molecule has 0 aromatic carbocycles. The number of Topliss-reactive ketones (excluding diaryl/α,β-unsaturated/α-hetero) is 1. The third-order valence-corrected chi connectivity index (χ3v) is 5.47. The van der Waals surface area contributed by atoms with Gasteiger partial charge in [-0.05, 0) is 0 Å². The summed E-state index contributed by atoms with van der Waals surface area (Å²) >= 11 is 0. The fraction of sp³-hybridized carbons (Fsp3) is 0.839. The Labute approximate surface area is 283 Å². The minimum atomic E-state index is -1.56. The standard InChI is InChI=1S/C31H56O17/c1-2-36-5-6-37-7-8-38-9-10-39-11-12-40-13-14-41-15-16-42-17-18-43-19-20-44-21-22-45-23-24-46-25-26-47-27-28-48-30(33)4-3-29(32)31(34)35/h2H,1,3-28H2,(H,34,35). The average molecular weight is 701 g/mol. The van der Waals surface area contributed by atoms with Crippen molar-refractivity contribution in [2.24, 2.45) is 0 Å². The number of carboxylic acids is 1. The van der Waals surface area contributed by atoms with Crippen LogP contribution in [0.15, 0.2) is 12.8 Å². The molecule has 17 nitrogen and oxygen atoms in total. The van der Waals surface area contributed by atoms with E-state index in [0.29, 0.717) is 145 Å². The molecule has 0 aliphatic rings. The zero-order chi connectivity index (χ0) is 35.0. The summed E-state index contributed by atoms with van der Waals surface area (Å²) in [6.07, 6.45) is 0.723. The maximum absolute atomic E-state index is 11.4. The van der Waals surface area contributed by atoms with Gasteiger partial charge in [0.1, 0.15) is 13.2 Å². The molecule has 0 saturated carbocycles. The Morgan fingerprint density at radius 1 is 0.396 bits per heavy atom. The second-order valence-corrected chi connectivity index (χ2v) is 9.22. The molecular formula is C31H56O17. The van der Waals surface area contributed by atoms with E-state index in [0.717, 1.165) is 0 Å². The van der Waals surface area contributed by atoms with Gasteiger partial charge in [-0.15, -0.1) is 0 Å². The summed E-state index contributed by atoms with van der Waals surface area (Å²) in [6.45, 7) is 13.8. The van der Waals surface area contributed by atoms with Gasteiger partial charge in [-0.1, -0.05) is 6.58 Å². The largest absolute Gasteiger partial charge is 0.499 e. The van der Waals surface area contributed by atoms with Crippen molar-refractivity contribution in [1.29, 1.82) is 0 Å². The summed E-state index contributed by atoms with van der Waals surface area (Å²) in [6, 6.07) is 0. The third kappa shape index (κ3) is 38.2. The molecule has 0 atom stereocenters. The van der Waals surface area contributed by atoms with Crippen molar-refractivity contribution >= 4 is 17.7 Å². The summed E-state index contributed by atoms with van der Waals surface area (Å²) < 4.78 is 69.1. The van der Waals surface area contributed by atoms with Gasteiger partial charge in [0.15, 0.2) is 0 Å². The predicted molar refractivity (Wildman–Crippen MR) is 168 cm³/mol. The van der Waals surface area contributed by atoms with Crippen LogP contribution < -0.4 is 0 Å². The van der Waals surface area contributed by atoms with E-state index < -0.39 is 17.7 Å². The number of hydrogen-bond donors (Lipinski definition) is 1. The van der Waals surface area contributed by atoms with Gasteiger partial charge in [-0.2, -0.15) is 0 Å². The quantitative estimate of drug-likeness (QED) is 0.0396. The number of ether oxygens (including phenoxy) is 13. The summed E-state index contributed by atoms with van der Waals surface area (Å²) in [4.78, 5) is 32.6. The lowest BCUT2D eigenvalue weighted by Gasteiger charge is -2.09. The van der Waals surface area contributed by atoms with Crippen LogP contribution in [0, 0.1) is 0 Å². The first-order valence-corrected chi connectivity index (χ1v) is 16.1. The second-order valence-electron chi connectivity index (χ2n) is 9.22. The fourth-order valence-corrected chi connectivity index (χ4v) is 3.10. The van der Waals surface area contributed by atoms with Crippen LogP contribution in [0.4, 0.5) is 0 Å². The molecule has 0 amide bonds. The number of carbonyl (C=O) groups excluding carboxylic acids is 2. The summed E-state index contributed by atoms with van der Waals surface area (Å²) in [5, 5.41) is 8.44. The maximum Gasteiger partial charge on any atom is 0.372 e. The lowest BCUT2D eigenvalue weighted by atomic mass is 10.2. The molecule has 1 N–H and O–H groups in total. The van der Waals surface area contributed by atoms with Crippen molar-refractivity contribution < 1.29 is 81.1 Å². The average Bonchev–Trinajstić information content (AvgIpc) is 3.08. The van der Waals surface area contributed by atoms with Gasteiger partial charge in [-0.25, -0.2) is 4.79 Å². The first-order valence-electron chi connectivity index (χ1n) is 16.1. The molecule has 0 bridgehead atoms. The molecule has 0 heterocycles. The van der Waals surface area contributed by atoms with E-state index in [4.69, 9.17) is 66.7 Å². The molecule has 0 aromatic heterocycles. The highest BCUT2D eigenvalue weighted by Gasteiger charge is 2.14. The normalized spacial score (nSPS) is 11.1. The Hall–Kier alpha value is -2.29. The van der Waals surface area contributed by atoms with E-state index in [-0.39, 0.29) is 26.1 Å². The van der Waals surface area contributed by atoms with Crippen LogP contribution >= 0.6 is 0 Å². The Morgan fingerprint density at radius 2 is 0.646 bits per heavy atom. The van der Waals surface area contributed by atoms with Gasteiger partial charge in [0, 0.05) is 6.42 Å². The van der Waals surface area contributed by atoms with Crippen molar-refractivity contribution in [3.63, 3.8) is 0 Å². The highest BCUT2D eigenvalue weighted by molar-refractivity contribution is 6.32. The van der Waals surface area contributed by atoms with Crippen LogP contribution in [0.1, 0.15) is 12.8 Å². The van der Waals surface area contributed by atoms with Crippen LogP contribution in [-0.2, 0) is 76.0 Å². The van der Waals surface area contributed by atoms with Crippen molar-refractivity contribution in [3.05, 3.63) is 12.8 Å². The molecule has 0 rings (SSSR count). The minimum absolute atomic E-state index is 0.0120. The van der Waals surface area contributed by atoms with Crippen molar-refractivity contribution in [2.45, 2.75) is 12.8 Å². The molecule has 0 aliphatic heterocycles. The van der Waals surface area contributed by atoms with E-state index in [1.54, 1.807) is 0 Å². The second kappa shape index (κ2) is 39.2. The summed E-state index contributed by atoms with van der Waals surface area (Å²) in [7, 11) is 0. The number of esters is 1. The van der Waals surface area contributed by atoms with Gasteiger partial charge < -0.3 is 66.7 Å². The zero-order valence-electron chi connectivity index (χ0n) is 28.1. The topological polar surface area (TPSA) is 191 Å². The Morgan fingerprint density at radius 3 is 0.896 bits per heavy atom. The van der Waals surface area contributed by atoms with Crippen LogP contribution in [0.3, 0.4) is 0 Å². The Kier molecular flexibility index (Phi) is 37.3. The number of ketones is 1. The SMILES string of the molecule is C=COCCOCCOCCOCCOCCOCCOCCOCCOCCOCCOCCOCCOC(=O)CCC(=O)C(=O)O. The van der Waals surface area contributed by atoms with Gasteiger partial charge in [0.05, 0.1) is 158 Å². The Bertz CT molecular complexity index is 740. The van der Waals surface area contributed by atoms with Crippen molar-refractivity contribution in [2.75, 3.05) is 159 Å². The highest BCUT2D eigenvalue weighted by atomic mass is 16.6. The highest BCUT2D eigenvalue weighted by Crippen LogP contribution is 1.95. The van der Waals surface area contributed by atoms with E-state index in [1.807, 2.05) is 0 Å². The molecule has 0 saturated heterocycles. The zero-order valence-corrected chi connectivity index (χ0v) is 28.1. The van der Waals surface area contributed by atoms with E-state index >= 15 is 0 Å². The first-order chi connectivity index (χ1) is 23.6.